The maximum atomic E-state index is 13.3. The maximum Gasteiger partial charge on any atom is 0.254 e. The van der Waals surface area contributed by atoms with Gasteiger partial charge in [-0.15, -0.1) is 0 Å². The molecular formula is C27H32FN5O. The predicted molar refractivity (Wildman–Crippen MR) is 132 cm³/mol. The summed E-state index contributed by atoms with van der Waals surface area (Å²) >= 11 is 0. The van der Waals surface area contributed by atoms with Crippen LogP contribution < -0.4 is 11.1 Å². The van der Waals surface area contributed by atoms with Crippen molar-refractivity contribution in [3.05, 3.63) is 77.8 Å². The second-order valence-electron chi connectivity index (χ2n) is 9.49. The fourth-order valence-corrected chi connectivity index (χ4v) is 5.34. The molecule has 1 aromatic heterocycles. The van der Waals surface area contributed by atoms with Crippen LogP contribution in [0.5, 0.6) is 0 Å². The normalized spacial score (nSPS) is 25.1. The lowest BCUT2D eigenvalue weighted by Gasteiger charge is -2.39. The van der Waals surface area contributed by atoms with E-state index in [0.717, 1.165) is 49.8 Å². The summed E-state index contributed by atoms with van der Waals surface area (Å²) in [5.74, 6) is 0.0167. The second-order valence-corrected chi connectivity index (χ2v) is 9.49. The van der Waals surface area contributed by atoms with Crippen LogP contribution in [0, 0.1) is 17.2 Å². The van der Waals surface area contributed by atoms with E-state index in [1.54, 1.807) is 30.7 Å². The standard InChI is InChI=1S/C27H32FN5O/c1-3-4-24(33-26(34)19-15-30-17-31-16-19)11-20-5-6-21-12-25(18(14-29)13-27(20,21)2)32-23-9-7-22(28)8-10-23/h7-10,12,14-17,20,24H,3-6,11,13,29H2,1-2H3,(H,33,34)/t20-,24?,27-/m1/s1. The van der Waals surface area contributed by atoms with Gasteiger partial charge in [-0.05, 0) is 85.6 Å². The van der Waals surface area contributed by atoms with E-state index in [1.165, 1.54) is 24.0 Å². The summed E-state index contributed by atoms with van der Waals surface area (Å²) in [6.07, 6.45) is 14.0. The van der Waals surface area contributed by atoms with Crippen molar-refractivity contribution in [3.63, 3.8) is 0 Å². The summed E-state index contributed by atoms with van der Waals surface area (Å²) in [5, 5.41) is 3.21. The molecule has 1 unspecified atom stereocenters. The SMILES string of the molecule is CCCC(C[C@H]1CCC2=CC(=Nc3ccc(F)cc3)C(=CN)C[C@@]21C)NC(=O)c1cncnc1. The van der Waals surface area contributed by atoms with Gasteiger partial charge in [0.05, 0.1) is 17.0 Å². The summed E-state index contributed by atoms with van der Waals surface area (Å²) in [4.78, 5) is 25.4. The van der Waals surface area contributed by atoms with Crippen molar-refractivity contribution in [2.24, 2.45) is 22.1 Å². The third kappa shape index (κ3) is 5.08. The van der Waals surface area contributed by atoms with E-state index in [2.05, 4.69) is 35.2 Å². The first-order valence-electron chi connectivity index (χ1n) is 11.9. The Labute approximate surface area is 200 Å². The predicted octanol–water partition coefficient (Wildman–Crippen LogP) is 5.27. The quantitative estimate of drug-likeness (QED) is 0.588. The van der Waals surface area contributed by atoms with Crippen molar-refractivity contribution in [3.8, 4) is 0 Å². The molecule has 4 rings (SSSR count). The van der Waals surface area contributed by atoms with Crippen molar-refractivity contribution < 1.29 is 9.18 Å². The number of hydrogen-bond donors (Lipinski definition) is 2. The van der Waals surface area contributed by atoms with Gasteiger partial charge < -0.3 is 11.1 Å². The molecule has 1 heterocycles. The number of aromatic nitrogens is 2. The van der Waals surface area contributed by atoms with E-state index in [-0.39, 0.29) is 23.2 Å². The van der Waals surface area contributed by atoms with Gasteiger partial charge in [0.2, 0.25) is 0 Å². The molecule has 2 aliphatic carbocycles. The molecule has 0 radical (unpaired) electrons. The number of benzene rings is 1. The number of carbonyl (C=O) groups is 1. The van der Waals surface area contributed by atoms with Crippen LogP contribution in [0.1, 0.15) is 62.7 Å². The molecule has 178 valence electrons. The molecule has 1 saturated carbocycles. The minimum Gasteiger partial charge on any atom is -0.404 e. The van der Waals surface area contributed by atoms with Crippen molar-refractivity contribution in [2.75, 3.05) is 0 Å². The molecule has 3 atom stereocenters. The monoisotopic (exact) mass is 461 g/mol. The summed E-state index contributed by atoms with van der Waals surface area (Å²) in [6.45, 7) is 4.45. The average molecular weight is 462 g/mol. The minimum absolute atomic E-state index is 0.0282. The highest BCUT2D eigenvalue weighted by Gasteiger charge is 2.46. The number of halogens is 1. The van der Waals surface area contributed by atoms with Crippen LogP contribution in [0.3, 0.4) is 0 Å². The average Bonchev–Trinajstić information content (AvgIpc) is 3.15. The first kappa shape index (κ1) is 23.8. The van der Waals surface area contributed by atoms with Gasteiger partial charge in [-0.1, -0.05) is 25.8 Å². The van der Waals surface area contributed by atoms with E-state index < -0.39 is 0 Å². The number of nitrogens with two attached hydrogens (primary N) is 1. The van der Waals surface area contributed by atoms with Crippen LogP contribution in [-0.4, -0.2) is 27.6 Å². The van der Waals surface area contributed by atoms with E-state index >= 15 is 0 Å². The highest BCUT2D eigenvalue weighted by Crippen LogP contribution is 2.55. The van der Waals surface area contributed by atoms with Gasteiger partial charge in [0, 0.05) is 18.4 Å². The molecule has 2 aromatic rings. The van der Waals surface area contributed by atoms with Gasteiger partial charge in [0.25, 0.3) is 5.91 Å². The first-order valence-corrected chi connectivity index (χ1v) is 11.9. The van der Waals surface area contributed by atoms with Crippen molar-refractivity contribution in [1.82, 2.24) is 15.3 Å². The largest absolute Gasteiger partial charge is 0.404 e. The van der Waals surface area contributed by atoms with Crippen molar-refractivity contribution in [1.29, 1.82) is 0 Å². The van der Waals surface area contributed by atoms with Gasteiger partial charge >= 0.3 is 0 Å². The van der Waals surface area contributed by atoms with Crippen LogP contribution in [0.4, 0.5) is 10.1 Å². The highest BCUT2D eigenvalue weighted by atomic mass is 19.1. The van der Waals surface area contributed by atoms with Gasteiger partial charge in [-0.3, -0.25) is 4.79 Å². The molecule has 0 spiro atoms. The van der Waals surface area contributed by atoms with Crippen molar-refractivity contribution in [2.45, 2.75) is 58.4 Å². The van der Waals surface area contributed by atoms with Gasteiger partial charge in [0.15, 0.2) is 0 Å². The molecule has 0 saturated heterocycles. The van der Waals surface area contributed by atoms with Crippen LogP contribution >= 0.6 is 0 Å². The van der Waals surface area contributed by atoms with E-state index in [1.807, 2.05) is 0 Å². The number of aliphatic imine (C=N–C) groups is 1. The smallest absolute Gasteiger partial charge is 0.254 e. The molecule has 0 bridgehead atoms. The Kier molecular flexibility index (Phi) is 7.20. The molecule has 1 aromatic carbocycles. The Morgan fingerprint density at radius 3 is 2.74 bits per heavy atom. The number of hydrogen-bond acceptors (Lipinski definition) is 5. The van der Waals surface area contributed by atoms with E-state index in [0.29, 0.717) is 17.2 Å². The van der Waals surface area contributed by atoms with Crippen molar-refractivity contribution >= 4 is 17.3 Å². The van der Waals surface area contributed by atoms with Crippen LogP contribution in [-0.2, 0) is 0 Å². The third-order valence-electron chi connectivity index (χ3n) is 7.24. The number of nitrogens with zero attached hydrogens (tertiary/aromatic N) is 3. The fourth-order valence-electron chi connectivity index (χ4n) is 5.34. The van der Waals surface area contributed by atoms with Crippen LogP contribution in [0.25, 0.3) is 0 Å². The zero-order valence-electron chi connectivity index (χ0n) is 19.8. The van der Waals surface area contributed by atoms with Crippen LogP contribution in [0.2, 0.25) is 0 Å². The first-order chi connectivity index (χ1) is 16.4. The van der Waals surface area contributed by atoms with Crippen LogP contribution in [0.15, 0.2) is 71.4 Å². The number of nitrogens with one attached hydrogen (secondary N) is 1. The molecule has 34 heavy (non-hydrogen) atoms. The molecule has 2 aliphatic rings. The van der Waals surface area contributed by atoms with E-state index in [4.69, 9.17) is 10.7 Å². The number of amides is 1. The Bertz CT molecular complexity index is 1110. The van der Waals surface area contributed by atoms with E-state index in [9.17, 15) is 9.18 Å². The Balaban J connectivity index is 1.53. The zero-order valence-corrected chi connectivity index (χ0v) is 19.8. The Morgan fingerprint density at radius 2 is 2.06 bits per heavy atom. The lowest BCUT2D eigenvalue weighted by atomic mass is 9.67. The Hall–Kier alpha value is -3.35. The molecule has 1 amide bonds. The summed E-state index contributed by atoms with van der Waals surface area (Å²) < 4.78 is 13.3. The maximum absolute atomic E-state index is 13.3. The number of rotatable bonds is 7. The summed E-state index contributed by atoms with van der Waals surface area (Å²) in [5.41, 5.74) is 10.4. The summed E-state index contributed by atoms with van der Waals surface area (Å²) in [7, 11) is 0. The van der Waals surface area contributed by atoms with Gasteiger partial charge in [-0.2, -0.15) is 0 Å². The molecular weight excluding hydrogens is 429 g/mol. The molecule has 3 N–H and O–H groups in total. The molecule has 0 aliphatic heterocycles. The second kappa shape index (κ2) is 10.3. The minimum atomic E-state index is -0.278. The Morgan fingerprint density at radius 1 is 1.32 bits per heavy atom. The van der Waals surface area contributed by atoms with Gasteiger partial charge in [0.1, 0.15) is 12.1 Å². The molecule has 7 heteroatoms. The summed E-state index contributed by atoms with van der Waals surface area (Å²) in [6, 6.07) is 6.27. The number of allylic oxidation sites excluding steroid dienone is 3. The highest BCUT2D eigenvalue weighted by molar-refractivity contribution is 6.11. The number of fused-ring (bicyclic) bond motifs is 1. The van der Waals surface area contributed by atoms with Gasteiger partial charge in [-0.25, -0.2) is 19.4 Å². The molecule has 1 fully saturated rings. The fraction of sp³-hybridized carbons (Fsp3) is 0.407. The molecule has 6 nitrogen and oxygen atoms in total. The third-order valence-corrected chi connectivity index (χ3v) is 7.24. The lowest BCUT2D eigenvalue weighted by molar-refractivity contribution is 0.0920. The zero-order chi connectivity index (χ0) is 24.1. The number of carbonyl (C=O) groups excluding carboxylic acids is 1. The lowest BCUT2D eigenvalue weighted by Crippen LogP contribution is -2.39. The topological polar surface area (TPSA) is 93.3 Å².